The fourth-order valence-corrected chi connectivity index (χ4v) is 3.19. The van der Waals surface area contributed by atoms with E-state index < -0.39 is 23.4 Å². The Kier molecular flexibility index (Phi) is 5.93. The molecule has 0 N–H and O–H groups in total. The smallest absolute Gasteiger partial charge is 0.236 e. The Morgan fingerprint density at radius 1 is 0.848 bits per heavy atom. The highest BCUT2D eigenvalue weighted by Crippen LogP contribution is 2.26. The molecule has 0 spiro atoms. The first kappa shape index (κ1) is 22.2. The number of halogens is 5. The maximum atomic E-state index is 14.5. The summed E-state index contributed by atoms with van der Waals surface area (Å²) in [5.74, 6) is 0.588. The van der Waals surface area contributed by atoms with Gasteiger partial charge in [-0.1, -0.05) is 54.0 Å². The molecule has 0 unspecified atom stereocenters. The molecular weight excluding hydrogens is 435 g/mol. The number of nitrogens with zero attached hydrogens (tertiary/aromatic N) is 2. The Morgan fingerprint density at radius 3 is 2.21 bits per heavy atom. The largest absolute Gasteiger partial charge is 0.458 e. The van der Waals surface area contributed by atoms with Gasteiger partial charge in [-0.2, -0.15) is 13.2 Å². The van der Waals surface area contributed by atoms with Gasteiger partial charge in [-0.15, -0.1) is 0 Å². The summed E-state index contributed by atoms with van der Waals surface area (Å²) in [6.45, 7) is 2.00. The molecule has 0 aliphatic carbocycles. The number of alkyl halides is 3. The zero-order valence-electron chi connectivity index (χ0n) is 17.2. The van der Waals surface area contributed by atoms with Gasteiger partial charge in [0.05, 0.1) is 5.56 Å². The molecule has 0 aliphatic heterocycles. The highest BCUT2D eigenvalue weighted by atomic mass is 19.4. The molecule has 0 atom stereocenters. The summed E-state index contributed by atoms with van der Waals surface area (Å²) in [5, 5.41) is 0.166. The minimum absolute atomic E-state index is 0.0290. The van der Waals surface area contributed by atoms with Gasteiger partial charge in [-0.05, 0) is 41.6 Å². The van der Waals surface area contributed by atoms with Gasteiger partial charge in [0, 0.05) is 29.3 Å². The lowest BCUT2D eigenvalue weighted by Crippen LogP contribution is -2.02. The first-order chi connectivity index (χ1) is 15.7. The van der Waals surface area contributed by atoms with E-state index in [2.05, 4.69) is 9.97 Å². The van der Waals surface area contributed by atoms with Crippen molar-refractivity contribution in [2.75, 3.05) is 0 Å². The van der Waals surface area contributed by atoms with Crippen LogP contribution in [0.3, 0.4) is 0 Å². The quantitative estimate of drug-likeness (QED) is 0.249. The molecule has 0 amide bonds. The summed E-state index contributed by atoms with van der Waals surface area (Å²) in [6.07, 6.45) is 1.88. The van der Waals surface area contributed by atoms with E-state index in [9.17, 15) is 22.0 Å². The third-order valence-electron chi connectivity index (χ3n) is 4.86. The Hall–Kier alpha value is -4.05. The number of fused-ring (bicyclic) bond motifs is 1. The number of aryl methyl sites for hydroxylation is 1. The van der Waals surface area contributed by atoms with Gasteiger partial charge in [0.25, 0.3) is 0 Å². The highest BCUT2D eigenvalue weighted by Gasteiger charge is 2.24. The molecule has 7 heteroatoms. The van der Waals surface area contributed by atoms with E-state index in [0.717, 1.165) is 28.7 Å². The molecule has 1 heterocycles. The van der Waals surface area contributed by atoms with Crippen LogP contribution in [-0.2, 0) is 0 Å². The molecule has 4 rings (SSSR count). The lowest BCUT2D eigenvalue weighted by atomic mass is 10.0. The molecule has 0 aliphatic rings. The molecule has 0 saturated carbocycles. The molecule has 4 aromatic rings. The lowest BCUT2D eigenvalue weighted by Gasteiger charge is -2.05. The average Bonchev–Trinajstić information content (AvgIpc) is 2.77. The third-order valence-corrected chi connectivity index (χ3v) is 4.86. The van der Waals surface area contributed by atoms with E-state index in [1.54, 1.807) is 30.6 Å². The summed E-state index contributed by atoms with van der Waals surface area (Å²) >= 11 is 0. The lowest BCUT2D eigenvalue weighted by molar-refractivity contribution is -0.0696. The molecule has 164 valence electrons. The van der Waals surface area contributed by atoms with Crippen LogP contribution in [0, 0.1) is 30.4 Å². The Labute approximate surface area is 186 Å². The monoisotopic (exact) mass is 450 g/mol. The van der Waals surface area contributed by atoms with Gasteiger partial charge in [-0.3, -0.25) is 0 Å². The molecular formula is C26H15F5N2. The van der Waals surface area contributed by atoms with Gasteiger partial charge in [0.15, 0.2) is 5.82 Å². The third kappa shape index (κ3) is 5.24. The molecule has 3 aromatic carbocycles. The summed E-state index contributed by atoms with van der Waals surface area (Å²) in [7, 11) is 0. The van der Waals surface area contributed by atoms with Gasteiger partial charge in [-0.25, -0.2) is 18.7 Å². The van der Waals surface area contributed by atoms with Crippen LogP contribution in [0.4, 0.5) is 22.0 Å². The summed E-state index contributed by atoms with van der Waals surface area (Å²) in [4.78, 5) is 8.62. The first-order valence-corrected chi connectivity index (χ1v) is 9.78. The number of hydrogen-bond acceptors (Lipinski definition) is 2. The molecule has 0 fully saturated rings. The predicted molar refractivity (Wildman–Crippen MR) is 118 cm³/mol. The minimum Gasteiger partial charge on any atom is -0.236 e. The Balaban J connectivity index is 1.59. The van der Waals surface area contributed by atoms with Crippen LogP contribution in [0.25, 0.3) is 34.1 Å². The van der Waals surface area contributed by atoms with E-state index in [1.165, 1.54) is 18.1 Å². The number of hydrogen-bond donors (Lipinski definition) is 0. The zero-order valence-corrected chi connectivity index (χ0v) is 17.2. The van der Waals surface area contributed by atoms with E-state index >= 15 is 0 Å². The average molecular weight is 450 g/mol. The maximum Gasteiger partial charge on any atom is 0.458 e. The van der Waals surface area contributed by atoms with Gasteiger partial charge < -0.3 is 0 Å². The fraction of sp³-hybridized carbons (Fsp3) is 0.0769. The Morgan fingerprint density at radius 2 is 1.55 bits per heavy atom. The number of benzene rings is 3. The number of aromatic nitrogens is 2. The van der Waals surface area contributed by atoms with Gasteiger partial charge >= 0.3 is 6.18 Å². The van der Waals surface area contributed by atoms with Crippen molar-refractivity contribution in [1.29, 1.82) is 0 Å². The Bertz CT molecular complexity index is 1410. The van der Waals surface area contributed by atoms with Crippen molar-refractivity contribution in [3.63, 3.8) is 0 Å². The van der Waals surface area contributed by atoms with Gasteiger partial charge in [0.1, 0.15) is 11.6 Å². The van der Waals surface area contributed by atoms with Crippen LogP contribution in [0.1, 0.15) is 22.5 Å². The minimum atomic E-state index is -4.84. The fourth-order valence-electron chi connectivity index (χ4n) is 3.19. The van der Waals surface area contributed by atoms with Crippen molar-refractivity contribution in [3.8, 4) is 23.0 Å². The van der Waals surface area contributed by atoms with Crippen molar-refractivity contribution in [2.24, 2.45) is 0 Å². The second-order valence-electron chi connectivity index (χ2n) is 7.31. The normalized spacial score (nSPS) is 11.6. The second-order valence-corrected chi connectivity index (χ2v) is 7.31. The molecule has 0 bridgehead atoms. The molecule has 0 radical (unpaired) electrons. The van der Waals surface area contributed by atoms with Crippen LogP contribution in [0.5, 0.6) is 0 Å². The second kappa shape index (κ2) is 8.83. The van der Waals surface area contributed by atoms with E-state index in [1.807, 2.05) is 31.2 Å². The predicted octanol–water partition coefficient (Wildman–Crippen LogP) is 6.97. The summed E-state index contributed by atoms with van der Waals surface area (Å²) in [6, 6.07) is 13.4. The van der Waals surface area contributed by atoms with Crippen molar-refractivity contribution < 1.29 is 22.0 Å². The van der Waals surface area contributed by atoms with Crippen LogP contribution in [0.2, 0.25) is 0 Å². The molecule has 33 heavy (non-hydrogen) atoms. The molecule has 0 saturated heterocycles. The SMILES string of the molecule is Cc1ccc(-c2cnc(/C=C/c3ccc4c(F)c(C#CC(F)(F)F)c(F)cc4c3)nc2)cc1. The topological polar surface area (TPSA) is 25.8 Å². The standard InChI is InChI=1S/C26H15F5N2/c1-16-2-6-18(7-3-16)20-14-32-24(33-15-20)9-5-17-4-8-21-19(12-17)13-23(27)22(25(21)28)10-11-26(29,30)31/h2-9,12-15H,1H3/b9-5+. The van der Waals surface area contributed by atoms with E-state index in [0.29, 0.717) is 11.4 Å². The first-order valence-electron chi connectivity index (χ1n) is 9.78. The van der Waals surface area contributed by atoms with Crippen LogP contribution >= 0.6 is 0 Å². The van der Waals surface area contributed by atoms with Crippen molar-refractivity contribution in [1.82, 2.24) is 9.97 Å². The maximum absolute atomic E-state index is 14.5. The van der Waals surface area contributed by atoms with Crippen molar-refractivity contribution >= 4 is 22.9 Å². The van der Waals surface area contributed by atoms with Gasteiger partial charge in [0.2, 0.25) is 0 Å². The number of rotatable bonds is 3. The van der Waals surface area contributed by atoms with Crippen LogP contribution in [0.15, 0.2) is 60.9 Å². The van der Waals surface area contributed by atoms with Crippen LogP contribution in [-0.4, -0.2) is 16.1 Å². The van der Waals surface area contributed by atoms with Crippen molar-refractivity contribution in [2.45, 2.75) is 13.1 Å². The van der Waals surface area contributed by atoms with E-state index in [-0.39, 0.29) is 10.8 Å². The molecule has 1 aromatic heterocycles. The van der Waals surface area contributed by atoms with Crippen LogP contribution < -0.4 is 0 Å². The highest BCUT2D eigenvalue weighted by molar-refractivity contribution is 5.87. The summed E-state index contributed by atoms with van der Waals surface area (Å²) < 4.78 is 65.6. The van der Waals surface area contributed by atoms with E-state index in [4.69, 9.17) is 0 Å². The summed E-state index contributed by atoms with van der Waals surface area (Å²) in [5.41, 5.74) is 2.72. The molecule has 2 nitrogen and oxygen atoms in total. The zero-order chi connectivity index (χ0) is 23.6. The van der Waals surface area contributed by atoms with Crippen molar-refractivity contribution in [3.05, 3.63) is 95.1 Å².